The number of Topliss-reactive ketones (excluding diaryl/α,β-unsaturated/α-hetero) is 1. The van der Waals surface area contributed by atoms with Crippen LogP contribution in [0.4, 0.5) is 10.5 Å². The quantitative estimate of drug-likeness (QED) is 0.246. The summed E-state index contributed by atoms with van der Waals surface area (Å²) in [6.45, 7) is 5.44. The van der Waals surface area contributed by atoms with E-state index in [4.69, 9.17) is 0 Å². The van der Waals surface area contributed by atoms with Gasteiger partial charge in [-0.2, -0.15) is 0 Å². The molecule has 33 heavy (non-hydrogen) atoms. The van der Waals surface area contributed by atoms with Crippen molar-refractivity contribution in [1.29, 1.82) is 0 Å². The monoisotopic (exact) mass is 466 g/mol. The Labute approximate surface area is 193 Å². The molecule has 10 heteroatoms. The first-order valence-corrected chi connectivity index (χ1v) is 11.1. The van der Waals surface area contributed by atoms with E-state index in [1.807, 2.05) is 35.9 Å². The van der Waals surface area contributed by atoms with E-state index in [0.29, 0.717) is 12.1 Å². The van der Waals surface area contributed by atoms with Gasteiger partial charge in [0, 0.05) is 34.0 Å². The van der Waals surface area contributed by atoms with Crippen molar-refractivity contribution in [2.45, 2.75) is 32.9 Å². The van der Waals surface area contributed by atoms with Gasteiger partial charge in [-0.1, -0.05) is 18.2 Å². The van der Waals surface area contributed by atoms with E-state index in [1.165, 1.54) is 31.2 Å². The van der Waals surface area contributed by atoms with Gasteiger partial charge in [0.1, 0.15) is 5.54 Å². The van der Waals surface area contributed by atoms with E-state index in [2.05, 4.69) is 5.32 Å². The van der Waals surface area contributed by atoms with Gasteiger partial charge in [-0.15, -0.1) is 11.3 Å². The molecule has 9 nitrogen and oxygen atoms in total. The standard InChI is InChI=1S/C23H22N4O5S/c1-14-10-19(15(2)25(14)12-18-8-5-9-33-18)20(28)13-26-21(29)23(3,24-22(26)30)16-6-4-7-17(11-16)27(31)32/h4-11H,12-13H2,1-3H3,(H,24,30). The molecular formula is C23H22N4O5S. The molecule has 0 saturated carbocycles. The largest absolute Gasteiger partial charge is 0.343 e. The number of benzene rings is 1. The van der Waals surface area contributed by atoms with Gasteiger partial charge in [0.25, 0.3) is 11.6 Å². The second-order valence-corrected chi connectivity index (χ2v) is 9.16. The number of nitrogens with one attached hydrogen (secondary N) is 1. The molecule has 3 aromatic rings. The van der Waals surface area contributed by atoms with Crippen LogP contribution < -0.4 is 5.32 Å². The maximum absolute atomic E-state index is 13.2. The Bertz CT molecular complexity index is 1280. The van der Waals surface area contributed by atoms with Crippen molar-refractivity contribution in [2.75, 3.05) is 6.54 Å². The SMILES string of the molecule is Cc1cc(C(=O)CN2C(=O)NC(C)(c3cccc([N+](=O)[O-])c3)C2=O)c(C)n1Cc1cccs1. The fourth-order valence-corrected chi connectivity index (χ4v) is 4.77. The van der Waals surface area contributed by atoms with Crippen LogP contribution in [0.2, 0.25) is 0 Å². The molecule has 0 spiro atoms. The second kappa shape index (κ2) is 8.28. The zero-order chi connectivity index (χ0) is 23.9. The normalized spacial score (nSPS) is 18.0. The fourth-order valence-electron chi connectivity index (χ4n) is 4.08. The molecule has 1 aliphatic heterocycles. The summed E-state index contributed by atoms with van der Waals surface area (Å²) in [5.74, 6) is -0.985. The minimum absolute atomic E-state index is 0.191. The highest BCUT2D eigenvalue weighted by Gasteiger charge is 2.50. The minimum atomic E-state index is -1.50. The Balaban J connectivity index is 1.57. The lowest BCUT2D eigenvalue weighted by atomic mass is 9.91. The van der Waals surface area contributed by atoms with Crippen LogP contribution in [-0.2, 0) is 16.9 Å². The van der Waals surface area contributed by atoms with Crippen LogP contribution in [0.1, 0.15) is 39.1 Å². The smallest absolute Gasteiger partial charge is 0.325 e. The van der Waals surface area contributed by atoms with Crippen LogP contribution in [0.5, 0.6) is 0 Å². The van der Waals surface area contributed by atoms with Crippen LogP contribution in [0.15, 0.2) is 47.8 Å². The molecule has 170 valence electrons. The van der Waals surface area contributed by atoms with E-state index in [0.717, 1.165) is 21.2 Å². The summed E-state index contributed by atoms with van der Waals surface area (Å²) in [5.41, 5.74) is 0.706. The Morgan fingerprint density at radius 3 is 2.61 bits per heavy atom. The summed E-state index contributed by atoms with van der Waals surface area (Å²) >= 11 is 1.63. The zero-order valence-electron chi connectivity index (χ0n) is 18.3. The second-order valence-electron chi connectivity index (χ2n) is 8.13. The van der Waals surface area contributed by atoms with Crippen molar-refractivity contribution >= 4 is 34.7 Å². The van der Waals surface area contributed by atoms with Gasteiger partial charge in [0.2, 0.25) is 0 Å². The molecule has 1 saturated heterocycles. The third-order valence-corrected chi connectivity index (χ3v) is 6.84. The highest BCUT2D eigenvalue weighted by atomic mass is 32.1. The number of amides is 3. The topological polar surface area (TPSA) is 115 Å². The van der Waals surface area contributed by atoms with Gasteiger partial charge in [0.05, 0.1) is 18.0 Å². The molecule has 3 heterocycles. The molecule has 3 amide bonds. The summed E-state index contributed by atoms with van der Waals surface area (Å²) in [7, 11) is 0. The summed E-state index contributed by atoms with van der Waals surface area (Å²) in [6, 6.07) is 10.6. The van der Waals surface area contributed by atoms with E-state index in [1.54, 1.807) is 17.4 Å². The average molecular weight is 467 g/mol. The Hall–Kier alpha value is -3.79. The van der Waals surface area contributed by atoms with Gasteiger partial charge in [-0.05, 0) is 43.8 Å². The number of thiophene rings is 1. The first kappa shape index (κ1) is 22.4. The molecular weight excluding hydrogens is 444 g/mol. The number of ketones is 1. The molecule has 1 N–H and O–H groups in total. The predicted octanol–water partition coefficient (Wildman–Crippen LogP) is 3.77. The van der Waals surface area contributed by atoms with Crippen molar-refractivity contribution < 1.29 is 19.3 Å². The number of aromatic nitrogens is 1. The van der Waals surface area contributed by atoms with Crippen LogP contribution in [-0.4, -0.2) is 38.7 Å². The summed E-state index contributed by atoms with van der Waals surface area (Å²) in [6.07, 6.45) is 0. The first-order chi connectivity index (χ1) is 15.6. The third kappa shape index (κ3) is 3.93. The van der Waals surface area contributed by atoms with Crippen LogP contribution in [0, 0.1) is 24.0 Å². The number of urea groups is 1. The molecule has 4 rings (SSSR count). The lowest BCUT2D eigenvalue weighted by Gasteiger charge is -2.22. The third-order valence-electron chi connectivity index (χ3n) is 5.98. The lowest BCUT2D eigenvalue weighted by molar-refractivity contribution is -0.385. The van der Waals surface area contributed by atoms with Crippen molar-refractivity contribution in [3.05, 3.63) is 85.4 Å². The maximum atomic E-state index is 13.2. The van der Waals surface area contributed by atoms with E-state index in [9.17, 15) is 24.5 Å². The Kier molecular flexibility index (Phi) is 5.62. The Morgan fingerprint density at radius 2 is 1.94 bits per heavy atom. The highest BCUT2D eigenvalue weighted by Crippen LogP contribution is 2.31. The highest BCUT2D eigenvalue weighted by molar-refractivity contribution is 7.09. The molecule has 1 unspecified atom stereocenters. The van der Waals surface area contributed by atoms with E-state index in [-0.39, 0.29) is 17.0 Å². The number of carbonyl (C=O) groups is 3. The molecule has 0 aliphatic carbocycles. The number of carbonyl (C=O) groups excluding carboxylic acids is 3. The summed E-state index contributed by atoms with van der Waals surface area (Å²) in [4.78, 5) is 51.5. The average Bonchev–Trinajstić information content (AvgIpc) is 3.45. The van der Waals surface area contributed by atoms with Crippen LogP contribution >= 0.6 is 11.3 Å². The number of nitro groups is 1. The van der Waals surface area contributed by atoms with E-state index >= 15 is 0 Å². The number of rotatable bonds is 7. The predicted molar refractivity (Wildman–Crippen MR) is 122 cm³/mol. The molecule has 1 aromatic carbocycles. The van der Waals surface area contributed by atoms with Crippen molar-refractivity contribution in [2.24, 2.45) is 0 Å². The summed E-state index contributed by atoms with van der Waals surface area (Å²) in [5, 5.41) is 15.7. The molecule has 2 aromatic heterocycles. The maximum Gasteiger partial charge on any atom is 0.325 e. The molecule has 0 radical (unpaired) electrons. The zero-order valence-corrected chi connectivity index (χ0v) is 19.1. The minimum Gasteiger partial charge on any atom is -0.343 e. The molecule has 1 aliphatic rings. The van der Waals surface area contributed by atoms with Crippen molar-refractivity contribution in [3.8, 4) is 0 Å². The number of nitrogens with zero attached hydrogens (tertiary/aromatic N) is 3. The molecule has 1 atom stereocenters. The number of nitro benzene ring substituents is 1. The first-order valence-electron chi connectivity index (χ1n) is 10.2. The number of hydrogen-bond donors (Lipinski definition) is 1. The van der Waals surface area contributed by atoms with Crippen LogP contribution in [0.25, 0.3) is 0 Å². The van der Waals surface area contributed by atoms with E-state index < -0.39 is 28.9 Å². The van der Waals surface area contributed by atoms with Gasteiger partial charge >= 0.3 is 6.03 Å². The lowest BCUT2D eigenvalue weighted by Crippen LogP contribution is -2.41. The molecule has 1 fully saturated rings. The van der Waals surface area contributed by atoms with Crippen molar-refractivity contribution in [3.63, 3.8) is 0 Å². The van der Waals surface area contributed by atoms with Gasteiger partial charge in [0.15, 0.2) is 5.78 Å². The summed E-state index contributed by atoms with van der Waals surface area (Å²) < 4.78 is 2.03. The molecule has 0 bridgehead atoms. The van der Waals surface area contributed by atoms with Crippen LogP contribution in [0.3, 0.4) is 0 Å². The number of imide groups is 1. The number of hydrogen-bond acceptors (Lipinski definition) is 6. The Morgan fingerprint density at radius 1 is 1.18 bits per heavy atom. The van der Waals surface area contributed by atoms with Gasteiger partial charge < -0.3 is 9.88 Å². The van der Waals surface area contributed by atoms with Gasteiger partial charge in [-0.3, -0.25) is 24.6 Å². The number of non-ortho nitro benzene ring substituents is 1. The van der Waals surface area contributed by atoms with Gasteiger partial charge in [-0.25, -0.2) is 4.79 Å². The van der Waals surface area contributed by atoms with Crippen molar-refractivity contribution in [1.82, 2.24) is 14.8 Å². The fraction of sp³-hybridized carbons (Fsp3) is 0.261. The number of aryl methyl sites for hydroxylation is 1.